The van der Waals surface area contributed by atoms with Crippen LogP contribution in [0.25, 0.3) is 0 Å². The van der Waals surface area contributed by atoms with Crippen LogP contribution in [0.3, 0.4) is 0 Å². The van der Waals surface area contributed by atoms with Crippen molar-refractivity contribution in [1.29, 1.82) is 5.26 Å². The molecule has 0 atom stereocenters. The van der Waals surface area contributed by atoms with E-state index in [0.29, 0.717) is 27.5 Å². The van der Waals surface area contributed by atoms with Gasteiger partial charge in [0.1, 0.15) is 11.1 Å². The summed E-state index contributed by atoms with van der Waals surface area (Å²) in [4.78, 5) is 4.15. The minimum Gasteiger partial charge on any atom is -0.396 e. The maximum atomic E-state index is 8.75. The van der Waals surface area contributed by atoms with Crippen molar-refractivity contribution in [2.24, 2.45) is 0 Å². The van der Waals surface area contributed by atoms with Crippen LogP contribution in [-0.4, -0.2) is 25.2 Å². The minimum absolute atomic E-state index is 0.405. The van der Waals surface area contributed by atoms with Gasteiger partial charge in [0.2, 0.25) is 5.16 Å². The lowest BCUT2D eigenvalue weighted by atomic mass is 10.3. The Kier molecular flexibility index (Phi) is 2.60. The van der Waals surface area contributed by atoms with Gasteiger partial charge in [-0.3, -0.25) is 0 Å². The summed E-state index contributed by atoms with van der Waals surface area (Å²) in [6.07, 6.45) is 3.70. The molecule has 8 heteroatoms. The topological polar surface area (TPSA) is 106 Å². The van der Waals surface area contributed by atoms with Crippen molar-refractivity contribution in [3.05, 3.63) is 17.8 Å². The summed E-state index contributed by atoms with van der Waals surface area (Å²) in [5.74, 6) is 0. The van der Waals surface area contributed by atoms with Gasteiger partial charge in [-0.15, -0.1) is 5.10 Å². The summed E-state index contributed by atoms with van der Waals surface area (Å²) >= 11 is 1.32. The zero-order valence-corrected chi connectivity index (χ0v) is 10.1. The molecule has 2 N–H and O–H groups in total. The number of nitrogens with zero attached hydrogens (tertiary/aromatic N) is 6. The van der Waals surface area contributed by atoms with E-state index in [1.54, 1.807) is 10.7 Å². The molecule has 3 rings (SSSR count). The van der Waals surface area contributed by atoms with E-state index in [0.717, 1.165) is 12.8 Å². The lowest BCUT2D eigenvalue weighted by Crippen LogP contribution is -2.00. The highest BCUT2D eigenvalue weighted by molar-refractivity contribution is 7.99. The summed E-state index contributed by atoms with van der Waals surface area (Å²) in [7, 11) is 0. The fourth-order valence-electron chi connectivity index (χ4n) is 1.50. The van der Waals surface area contributed by atoms with Gasteiger partial charge in [-0.1, -0.05) is 0 Å². The monoisotopic (exact) mass is 259 g/mol. The van der Waals surface area contributed by atoms with Crippen LogP contribution in [0.1, 0.15) is 24.4 Å². The number of hydrogen-bond acceptors (Lipinski definition) is 7. The Labute approximate surface area is 107 Å². The number of nitrogen functional groups attached to an aromatic ring is 1. The van der Waals surface area contributed by atoms with E-state index in [9.17, 15) is 0 Å². The van der Waals surface area contributed by atoms with Crippen LogP contribution >= 0.6 is 11.8 Å². The normalized spacial score (nSPS) is 14.4. The number of tetrazole rings is 1. The zero-order valence-electron chi connectivity index (χ0n) is 9.32. The Morgan fingerprint density at radius 3 is 3.00 bits per heavy atom. The summed E-state index contributed by atoms with van der Waals surface area (Å²) in [5, 5.41) is 21.6. The average Bonchev–Trinajstić information content (AvgIpc) is 3.12. The second kappa shape index (κ2) is 4.27. The van der Waals surface area contributed by atoms with Crippen LogP contribution in [-0.2, 0) is 0 Å². The minimum atomic E-state index is 0.405. The molecule has 0 bridgehead atoms. The van der Waals surface area contributed by atoms with Gasteiger partial charge in [-0.25, -0.2) is 9.67 Å². The van der Waals surface area contributed by atoms with Crippen LogP contribution in [0, 0.1) is 11.3 Å². The number of aromatic nitrogens is 5. The van der Waals surface area contributed by atoms with Gasteiger partial charge < -0.3 is 5.73 Å². The van der Waals surface area contributed by atoms with E-state index in [1.807, 2.05) is 6.07 Å². The predicted molar refractivity (Wildman–Crippen MR) is 63.6 cm³/mol. The number of anilines is 1. The van der Waals surface area contributed by atoms with Gasteiger partial charge in [0.25, 0.3) is 0 Å². The number of rotatable bonds is 3. The summed E-state index contributed by atoms with van der Waals surface area (Å²) in [6, 6.07) is 4.00. The molecule has 2 aromatic heterocycles. The van der Waals surface area contributed by atoms with Crippen LogP contribution < -0.4 is 5.73 Å². The summed E-state index contributed by atoms with van der Waals surface area (Å²) in [5.41, 5.74) is 6.75. The van der Waals surface area contributed by atoms with Crippen LogP contribution in [0.2, 0.25) is 0 Å². The molecule has 1 fully saturated rings. The lowest BCUT2D eigenvalue weighted by Gasteiger charge is -2.04. The fourth-order valence-corrected chi connectivity index (χ4v) is 2.31. The van der Waals surface area contributed by atoms with Gasteiger partial charge in [0.15, 0.2) is 0 Å². The number of hydrogen-bond donors (Lipinski definition) is 1. The Balaban J connectivity index is 1.88. The van der Waals surface area contributed by atoms with E-state index in [-0.39, 0.29) is 0 Å². The van der Waals surface area contributed by atoms with Gasteiger partial charge in [-0.05, 0) is 41.1 Å². The molecule has 0 unspecified atom stereocenters. The van der Waals surface area contributed by atoms with E-state index in [2.05, 4.69) is 20.5 Å². The van der Waals surface area contributed by atoms with E-state index in [1.165, 1.54) is 18.0 Å². The van der Waals surface area contributed by atoms with Crippen LogP contribution in [0.4, 0.5) is 5.69 Å². The highest BCUT2D eigenvalue weighted by Gasteiger charge is 2.28. The van der Waals surface area contributed by atoms with Gasteiger partial charge >= 0.3 is 0 Å². The first kappa shape index (κ1) is 11.0. The van der Waals surface area contributed by atoms with Crippen molar-refractivity contribution in [1.82, 2.24) is 25.2 Å². The maximum Gasteiger partial charge on any atom is 0.215 e. The van der Waals surface area contributed by atoms with Gasteiger partial charge in [-0.2, -0.15) is 5.26 Å². The van der Waals surface area contributed by atoms with Crippen molar-refractivity contribution in [3.63, 3.8) is 0 Å². The summed E-state index contributed by atoms with van der Waals surface area (Å²) in [6.45, 7) is 0. The molecular weight excluding hydrogens is 250 g/mol. The molecule has 7 nitrogen and oxygen atoms in total. The third-order valence-corrected chi connectivity index (χ3v) is 3.54. The molecule has 2 heterocycles. The third kappa shape index (κ3) is 2.00. The van der Waals surface area contributed by atoms with Crippen molar-refractivity contribution in [2.45, 2.75) is 29.1 Å². The highest BCUT2D eigenvalue weighted by Crippen LogP contribution is 2.38. The largest absolute Gasteiger partial charge is 0.396 e. The van der Waals surface area contributed by atoms with Crippen LogP contribution in [0.15, 0.2) is 22.4 Å². The maximum absolute atomic E-state index is 8.75. The smallest absolute Gasteiger partial charge is 0.215 e. The molecule has 1 aliphatic rings. The third-order valence-electron chi connectivity index (χ3n) is 2.55. The Morgan fingerprint density at radius 1 is 1.50 bits per heavy atom. The quantitative estimate of drug-likeness (QED) is 0.876. The van der Waals surface area contributed by atoms with Crippen molar-refractivity contribution in [2.75, 3.05) is 5.73 Å². The second-order valence-electron chi connectivity index (χ2n) is 3.97. The molecular formula is C10H9N7S. The fraction of sp³-hybridized carbons (Fsp3) is 0.300. The molecule has 0 radical (unpaired) electrons. The van der Waals surface area contributed by atoms with E-state index < -0.39 is 0 Å². The summed E-state index contributed by atoms with van der Waals surface area (Å²) < 4.78 is 1.80. The number of nitrogens with two attached hydrogens (primary N) is 1. The molecule has 18 heavy (non-hydrogen) atoms. The Bertz CT molecular complexity index is 625. The molecule has 90 valence electrons. The van der Waals surface area contributed by atoms with E-state index >= 15 is 0 Å². The van der Waals surface area contributed by atoms with Crippen molar-refractivity contribution >= 4 is 17.4 Å². The first-order chi connectivity index (χ1) is 8.78. The molecule has 0 amide bonds. The number of pyridine rings is 1. The molecule has 0 spiro atoms. The molecule has 1 aliphatic carbocycles. The molecule has 0 saturated heterocycles. The number of nitriles is 1. The molecule has 0 aromatic carbocycles. The SMILES string of the molecule is N#Cc1cnc(Sc2nnnn2C2CC2)c(N)c1. The molecule has 2 aromatic rings. The average molecular weight is 259 g/mol. The Morgan fingerprint density at radius 2 is 2.33 bits per heavy atom. The first-order valence-electron chi connectivity index (χ1n) is 5.39. The zero-order chi connectivity index (χ0) is 12.5. The lowest BCUT2D eigenvalue weighted by molar-refractivity contribution is 0.565. The van der Waals surface area contributed by atoms with Crippen molar-refractivity contribution < 1.29 is 0 Å². The Hall–Kier alpha value is -2.14. The van der Waals surface area contributed by atoms with Crippen LogP contribution in [0.5, 0.6) is 0 Å². The second-order valence-corrected chi connectivity index (χ2v) is 4.93. The predicted octanol–water partition coefficient (Wildman–Crippen LogP) is 1.01. The highest BCUT2D eigenvalue weighted by atomic mass is 32.2. The standard InChI is InChI=1S/C10H9N7S/c11-4-6-3-8(12)9(13-5-6)18-10-14-15-16-17(10)7-1-2-7/h3,5,7H,1-2,12H2. The molecule has 0 aliphatic heterocycles. The van der Waals surface area contributed by atoms with Crippen molar-refractivity contribution in [3.8, 4) is 6.07 Å². The van der Waals surface area contributed by atoms with Gasteiger partial charge in [0.05, 0.1) is 17.3 Å². The van der Waals surface area contributed by atoms with E-state index in [4.69, 9.17) is 11.0 Å². The first-order valence-corrected chi connectivity index (χ1v) is 6.21. The van der Waals surface area contributed by atoms with Gasteiger partial charge in [0, 0.05) is 6.20 Å². The molecule has 1 saturated carbocycles.